The molecule has 2 atom stereocenters. The van der Waals surface area contributed by atoms with Gasteiger partial charge in [-0.1, -0.05) is 19.1 Å². The number of H-pyrrole nitrogens is 1. The minimum absolute atomic E-state index is 0.123. The summed E-state index contributed by atoms with van der Waals surface area (Å²) in [5.41, 5.74) is 3.72. The molecule has 1 aromatic carbocycles. The highest BCUT2D eigenvalue weighted by molar-refractivity contribution is 5.82. The summed E-state index contributed by atoms with van der Waals surface area (Å²) in [5, 5.41) is 9.25. The standard InChI is InChI=1S/C20H27N5O/c1-3-25-9-10-26-19(20(25)16-12-23-24(2)14-16)13-21-11-15-5-4-6-18-17(15)7-8-22-18/h4-8,12,14,19-22H,3,9-11,13H2,1-2H3/t19-,20-/m0/s1. The van der Waals surface area contributed by atoms with Crippen molar-refractivity contribution in [3.63, 3.8) is 0 Å². The molecule has 2 N–H and O–H groups in total. The van der Waals surface area contributed by atoms with Gasteiger partial charge in [0.1, 0.15) is 0 Å². The maximum atomic E-state index is 6.15. The molecule has 0 amide bonds. The van der Waals surface area contributed by atoms with E-state index >= 15 is 0 Å². The van der Waals surface area contributed by atoms with Crippen LogP contribution in [0, 0.1) is 0 Å². The van der Waals surface area contributed by atoms with Crippen molar-refractivity contribution in [2.24, 2.45) is 7.05 Å². The van der Waals surface area contributed by atoms with Crippen LogP contribution < -0.4 is 5.32 Å². The Morgan fingerprint density at radius 2 is 2.27 bits per heavy atom. The predicted octanol–water partition coefficient (Wildman–Crippen LogP) is 2.45. The van der Waals surface area contributed by atoms with E-state index in [0.29, 0.717) is 0 Å². The van der Waals surface area contributed by atoms with E-state index in [0.717, 1.165) is 32.8 Å². The molecule has 6 heteroatoms. The third-order valence-electron chi connectivity index (χ3n) is 5.27. The van der Waals surface area contributed by atoms with Crippen molar-refractivity contribution in [2.75, 3.05) is 26.2 Å². The van der Waals surface area contributed by atoms with Crippen molar-refractivity contribution in [1.29, 1.82) is 0 Å². The Bertz CT molecular complexity index is 855. The normalized spacial score (nSPS) is 21.5. The highest BCUT2D eigenvalue weighted by Gasteiger charge is 2.33. The molecule has 0 saturated carbocycles. The van der Waals surface area contributed by atoms with Crippen LogP contribution in [0.15, 0.2) is 42.9 Å². The molecule has 1 aliphatic rings. The molecule has 26 heavy (non-hydrogen) atoms. The fraction of sp³-hybridized carbons (Fsp3) is 0.450. The second kappa shape index (κ2) is 7.61. The van der Waals surface area contributed by atoms with Gasteiger partial charge >= 0.3 is 0 Å². The molecule has 3 heterocycles. The van der Waals surface area contributed by atoms with E-state index in [9.17, 15) is 0 Å². The van der Waals surface area contributed by atoms with Crippen molar-refractivity contribution < 1.29 is 4.74 Å². The topological polar surface area (TPSA) is 58.1 Å². The lowest BCUT2D eigenvalue weighted by atomic mass is 10.0. The quantitative estimate of drug-likeness (QED) is 0.715. The molecule has 0 bridgehead atoms. The number of hydrogen-bond acceptors (Lipinski definition) is 4. The van der Waals surface area contributed by atoms with Crippen LogP contribution >= 0.6 is 0 Å². The number of benzene rings is 1. The Labute approximate surface area is 154 Å². The molecule has 0 spiro atoms. The van der Waals surface area contributed by atoms with E-state index < -0.39 is 0 Å². The lowest BCUT2D eigenvalue weighted by Crippen LogP contribution is -2.48. The van der Waals surface area contributed by atoms with Gasteiger partial charge in [-0.15, -0.1) is 0 Å². The molecule has 6 nitrogen and oxygen atoms in total. The SMILES string of the molecule is CCN1CCO[C@@H](CNCc2cccc3[nH]ccc23)[C@@H]1c1cnn(C)c1. The Morgan fingerprint density at radius 1 is 1.35 bits per heavy atom. The largest absolute Gasteiger partial charge is 0.374 e. The molecule has 1 saturated heterocycles. The Balaban J connectivity index is 1.46. The van der Waals surface area contributed by atoms with Gasteiger partial charge < -0.3 is 15.0 Å². The first kappa shape index (κ1) is 17.3. The Morgan fingerprint density at radius 3 is 3.08 bits per heavy atom. The van der Waals surface area contributed by atoms with Crippen LogP contribution in [0.2, 0.25) is 0 Å². The fourth-order valence-corrected chi connectivity index (χ4v) is 3.98. The zero-order chi connectivity index (χ0) is 17.9. The molecule has 0 aliphatic carbocycles. The van der Waals surface area contributed by atoms with Gasteiger partial charge in [0.05, 0.1) is 24.9 Å². The molecule has 0 radical (unpaired) electrons. The first-order valence-corrected chi connectivity index (χ1v) is 9.36. The van der Waals surface area contributed by atoms with Crippen molar-refractivity contribution in [2.45, 2.75) is 25.6 Å². The second-order valence-electron chi connectivity index (χ2n) is 6.92. The van der Waals surface area contributed by atoms with E-state index in [-0.39, 0.29) is 12.1 Å². The van der Waals surface area contributed by atoms with E-state index in [1.807, 2.05) is 24.1 Å². The first-order valence-electron chi connectivity index (χ1n) is 9.36. The summed E-state index contributed by atoms with van der Waals surface area (Å²) >= 11 is 0. The van der Waals surface area contributed by atoms with Crippen LogP contribution in [0.5, 0.6) is 0 Å². The summed E-state index contributed by atoms with van der Waals surface area (Å²) in [6.45, 7) is 6.63. The molecule has 3 aromatic rings. The van der Waals surface area contributed by atoms with Crippen LogP contribution in [0.3, 0.4) is 0 Å². The summed E-state index contributed by atoms with van der Waals surface area (Å²) in [6, 6.07) is 8.78. The third-order valence-corrected chi connectivity index (χ3v) is 5.27. The number of nitrogens with zero attached hydrogens (tertiary/aromatic N) is 3. The molecule has 1 fully saturated rings. The van der Waals surface area contributed by atoms with Gasteiger partial charge in [0.25, 0.3) is 0 Å². The van der Waals surface area contributed by atoms with E-state index in [4.69, 9.17) is 4.74 Å². The monoisotopic (exact) mass is 353 g/mol. The number of rotatable bonds is 6. The van der Waals surface area contributed by atoms with Gasteiger partial charge in [-0.2, -0.15) is 5.10 Å². The van der Waals surface area contributed by atoms with E-state index in [1.165, 1.54) is 22.0 Å². The minimum Gasteiger partial charge on any atom is -0.374 e. The van der Waals surface area contributed by atoms with Crippen LogP contribution in [0.1, 0.15) is 24.1 Å². The Hall–Kier alpha value is -2.15. The summed E-state index contributed by atoms with van der Waals surface area (Å²) in [5.74, 6) is 0. The maximum Gasteiger partial charge on any atom is 0.0897 e. The second-order valence-corrected chi connectivity index (χ2v) is 6.92. The van der Waals surface area contributed by atoms with Crippen LogP contribution in [-0.4, -0.2) is 52.0 Å². The average Bonchev–Trinajstić information content (AvgIpc) is 3.30. The van der Waals surface area contributed by atoms with Gasteiger partial charge in [0.2, 0.25) is 0 Å². The number of likely N-dealkylation sites (N-methyl/N-ethyl adjacent to an activating group) is 1. The number of hydrogen-bond donors (Lipinski definition) is 2. The predicted molar refractivity (Wildman–Crippen MR) is 103 cm³/mol. The van der Waals surface area contributed by atoms with Crippen molar-refractivity contribution >= 4 is 10.9 Å². The highest BCUT2D eigenvalue weighted by atomic mass is 16.5. The number of nitrogens with one attached hydrogen (secondary N) is 2. The molecule has 138 valence electrons. The maximum absolute atomic E-state index is 6.15. The van der Waals surface area contributed by atoms with Gasteiger partial charge in [-0.3, -0.25) is 9.58 Å². The fourth-order valence-electron chi connectivity index (χ4n) is 3.98. The van der Waals surface area contributed by atoms with Gasteiger partial charge in [0.15, 0.2) is 0 Å². The first-order chi connectivity index (χ1) is 12.8. The third kappa shape index (κ3) is 3.40. The van der Waals surface area contributed by atoms with Crippen molar-refractivity contribution in [1.82, 2.24) is 25.0 Å². The van der Waals surface area contributed by atoms with Gasteiger partial charge in [-0.05, 0) is 24.2 Å². The lowest BCUT2D eigenvalue weighted by Gasteiger charge is -2.40. The number of aromatic nitrogens is 3. The van der Waals surface area contributed by atoms with E-state index in [2.05, 4.69) is 57.7 Å². The number of ether oxygens (including phenoxy) is 1. The number of fused-ring (bicyclic) bond motifs is 1. The minimum atomic E-state index is 0.123. The average molecular weight is 353 g/mol. The molecule has 0 unspecified atom stereocenters. The molecule has 4 rings (SSSR count). The number of morpholine rings is 1. The summed E-state index contributed by atoms with van der Waals surface area (Å²) < 4.78 is 8.02. The van der Waals surface area contributed by atoms with Crippen LogP contribution in [0.25, 0.3) is 10.9 Å². The smallest absolute Gasteiger partial charge is 0.0897 e. The lowest BCUT2D eigenvalue weighted by molar-refractivity contribution is -0.0694. The van der Waals surface area contributed by atoms with Gasteiger partial charge in [0, 0.05) is 55.5 Å². The number of aryl methyl sites for hydroxylation is 1. The van der Waals surface area contributed by atoms with Crippen molar-refractivity contribution in [3.8, 4) is 0 Å². The van der Waals surface area contributed by atoms with Crippen LogP contribution in [0.4, 0.5) is 0 Å². The molecule has 2 aromatic heterocycles. The summed E-state index contributed by atoms with van der Waals surface area (Å²) in [4.78, 5) is 5.76. The molecular formula is C20H27N5O. The van der Waals surface area contributed by atoms with Crippen LogP contribution in [-0.2, 0) is 18.3 Å². The van der Waals surface area contributed by atoms with Crippen molar-refractivity contribution in [3.05, 3.63) is 54.0 Å². The van der Waals surface area contributed by atoms with Gasteiger partial charge in [-0.25, -0.2) is 0 Å². The van der Waals surface area contributed by atoms with E-state index in [1.54, 1.807) is 0 Å². The molecule has 1 aliphatic heterocycles. The zero-order valence-electron chi connectivity index (χ0n) is 15.5. The number of aromatic amines is 1. The summed E-state index contributed by atoms with van der Waals surface area (Å²) in [7, 11) is 1.97. The Kier molecular flexibility index (Phi) is 5.06. The zero-order valence-corrected chi connectivity index (χ0v) is 15.5. The summed E-state index contributed by atoms with van der Waals surface area (Å²) in [6.07, 6.45) is 6.19. The highest BCUT2D eigenvalue weighted by Crippen LogP contribution is 2.29. The molecular weight excluding hydrogens is 326 g/mol.